The zero-order chi connectivity index (χ0) is 31.6. The molecule has 8 rings (SSSR count). The molecule has 0 bridgehead atoms. The van der Waals surface area contributed by atoms with Gasteiger partial charge in [0, 0.05) is 0 Å². The molecule has 8 aliphatic rings. The first-order chi connectivity index (χ1) is 20.4. The number of hydrogen-bond donors (Lipinski definition) is 5. The molecule has 0 aromatic carbocycles. The normalized spacial score (nSPS) is 63.3. The highest BCUT2D eigenvalue weighted by atomic mass is 16.7. The Morgan fingerprint density at radius 3 is 2.18 bits per heavy atom. The van der Waals surface area contributed by atoms with Gasteiger partial charge in [0.05, 0.1) is 24.4 Å². The second-order valence-corrected chi connectivity index (χ2v) is 18.3. The van der Waals surface area contributed by atoms with Crippen molar-refractivity contribution in [3.8, 4) is 0 Å². The van der Waals surface area contributed by atoms with Gasteiger partial charge in [-0.05, 0) is 116 Å². The Hall–Kier alpha value is -0.360. The molecule has 5 saturated carbocycles. The zero-order valence-electron chi connectivity index (χ0n) is 27.7. The van der Waals surface area contributed by atoms with Crippen LogP contribution >= 0.6 is 0 Å². The summed E-state index contributed by atoms with van der Waals surface area (Å²) >= 11 is 0. The van der Waals surface area contributed by atoms with Gasteiger partial charge in [-0.1, -0.05) is 34.6 Å². The Labute approximate surface area is 262 Å². The van der Waals surface area contributed by atoms with Gasteiger partial charge in [-0.25, -0.2) is 0 Å². The Kier molecular flexibility index (Phi) is 6.33. The fourth-order valence-corrected chi connectivity index (χ4v) is 13.9. The molecule has 250 valence electrons. The molecule has 17 unspecified atom stereocenters. The SMILES string of the molecule is CC1C2OC(C)(C)C(O)C2(O)OC2CC3(C)C4CCC5C(C)(C)C(OC6OCC(O)C(O)C6O)CCC56CC46CCC3(C)C21. The van der Waals surface area contributed by atoms with Crippen molar-refractivity contribution in [2.75, 3.05) is 6.61 Å². The summed E-state index contributed by atoms with van der Waals surface area (Å²) in [4.78, 5) is 0. The smallest absolute Gasteiger partial charge is 0.222 e. The third-order valence-electron chi connectivity index (χ3n) is 16.1. The van der Waals surface area contributed by atoms with Gasteiger partial charge in [-0.2, -0.15) is 0 Å². The van der Waals surface area contributed by atoms with Crippen molar-refractivity contribution in [3.63, 3.8) is 0 Å². The lowest BCUT2D eigenvalue weighted by Crippen LogP contribution is -2.63. The first-order valence-corrected chi connectivity index (χ1v) is 17.5. The van der Waals surface area contributed by atoms with Crippen LogP contribution in [-0.4, -0.2) is 92.5 Å². The maximum atomic E-state index is 11.8. The predicted molar refractivity (Wildman–Crippen MR) is 159 cm³/mol. The largest absolute Gasteiger partial charge is 0.388 e. The highest BCUT2D eigenvalue weighted by Crippen LogP contribution is 2.89. The van der Waals surface area contributed by atoms with Gasteiger partial charge in [0.2, 0.25) is 5.79 Å². The molecule has 0 radical (unpaired) electrons. The lowest BCUT2D eigenvalue weighted by atomic mass is 9.41. The van der Waals surface area contributed by atoms with E-state index in [1.165, 1.54) is 12.8 Å². The van der Waals surface area contributed by atoms with E-state index in [-0.39, 0.29) is 52.3 Å². The Morgan fingerprint density at radius 2 is 1.45 bits per heavy atom. The van der Waals surface area contributed by atoms with E-state index in [1.54, 1.807) is 0 Å². The predicted octanol–water partition coefficient (Wildman–Crippen LogP) is 3.12. The van der Waals surface area contributed by atoms with Crippen LogP contribution in [0.2, 0.25) is 0 Å². The number of aliphatic hydroxyl groups is 5. The van der Waals surface area contributed by atoms with Crippen molar-refractivity contribution in [2.24, 2.45) is 50.7 Å². The Balaban J connectivity index is 1.06. The summed E-state index contributed by atoms with van der Waals surface area (Å²) in [6.45, 7) is 15.6. The van der Waals surface area contributed by atoms with Crippen molar-refractivity contribution in [2.45, 2.75) is 160 Å². The summed E-state index contributed by atoms with van der Waals surface area (Å²) in [6.07, 6.45) is 2.41. The van der Waals surface area contributed by atoms with E-state index in [2.05, 4.69) is 34.6 Å². The third-order valence-corrected chi connectivity index (χ3v) is 16.1. The van der Waals surface area contributed by atoms with Crippen LogP contribution in [0.25, 0.3) is 0 Å². The van der Waals surface area contributed by atoms with Crippen LogP contribution in [0.15, 0.2) is 0 Å². The van der Waals surface area contributed by atoms with Gasteiger partial charge in [-0.15, -0.1) is 0 Å². The van der Waals surface area contributed by atoms with E-state index < -0.39 is 48.2 Å². The molecule has 9 heteroatoms. The van der Waals surface area contributed by atoms with E-state index in [0.29, 0.717) is 17.3 Å². The molecular weight excluding hydrogens is 564 g/mol. The number of aliphatic hydroxyl groups excluding tert-OH is 4. The minimum Gasteiger partial charge on any atom is -0.388 e. The summed E-state index contributed by atoms with van der Waals surface area (Å²) < 4.78 is 25.1. The average Bonchev–Trinajstić information content (AvgIpc) is 3.49. The van der Waals surface area contributed by atoms with E-state index in [4.69, 9.17) is 18.9 Å². The third kappa shape index (κ3) is 3.43. The number of ether oxygens (including phenoxy) is 4. The van der Waals surface area contributed by atoms with Crippen LogP contribution in [0, 0.1) is 50.7 Å². The minimum atomic E-state index is -1.67. The molecule has 5 N–H and O–H groups in total. The van der Waals surface area contributed by atoms with Crippen LogP contribution in [0.4, 0.5) is 0 Å². The Bertz CT molecular complexity index is 1210. The molecule has 3 heterocycles. The summed E-state index contributed by atoms with van der Waals surface area (Å²) in [5.41, 5.74) is -0.280. The van der Waals surface area contributed by atoms with Gasteiger partial charge >= 0.3 is 0 Å². The second-order valence-electron chi connectivity index (χ2n) is 18.3. The fraction of sp³-hybridized carbons (Fsp3) is 1.00. The van der Waals surface area contributed by atoms with Crippen LogP contribution in [0.5, 0.6) is 0 Å². The van der Waals surface area contributed by atoms with Gasteiger partial charge < -0.3 is 44.5 Å². The molecule has 0 amide bonds. The highest BCUT2D eigenvalue weighted by Gasteiger charge is 2.84. The zero-order valence-corrected chi connectivity index (χ0v) is 27.7. The molecule has 44 heavy (non-hydrogen) atoms. The van der Waals surface area contributed by atoms with Gasteiger partial charge in [0.15, 0.2) is 6.29 Å². The first kappa shape index (κ1) is 30.9. The summed E-state index contributed by atoms with van der Waals surface area (Å²) in [5, 5.41) is 53.7. The van der Waals surface area contributed by atoms with E-state index in [0.717, 1.165) is 38.5 Å². The molecule has 8 fully saturated rings. The first-order valence-electron chi connectivity index (χ1n) is 17.5. The lowest BCUT2D eigenvalue weighted by Gasteiger charge is -2.63. The minimum absolute atomic E-state index is 0.0448. The van der Waals surface area contributed by atoms with Crippen molar-refractivity contribution >= 4 is 0 Å². The molecule has 3 saturated heterocycles. The second kappa shape index (κ2) is 9.00. The van der Waals surface area contributed by atoms with Crippen LogP contribution in [-0.2, 0) is 18.9 Å². The molecule has 5 aliphatic carbocycles. The van der Waals surface area contributed by atoms with E-state index in [1.807, 2.05) is 13.8 Å². The lowest BCUT2D eigenvalue weighted by molar-refractivity contribution is -0.327. The molecule has 2 spiro atoms. The molecule has 3 aliphatic heterocycles. The molecular formula is C35H56O9. The van der Waals surface area contributed by atoms with Crippen molar-refractivity contribution in [1.29, 1.82) is 0 Å². The fourth-order valence-electron chi connectivity index (χ4n) is 13.9. The number of rotatable bonds is 2. The summed E-state index contributed by atoms with van der Waals surface area (Å²) in [7, 11) is 0. The Morgan fingerprint density at radius 1 is 0.773 bits per heavy atom. The molecule has 17 atom stereocenters. The van der Waals surface area contributed by atoms with Crippen molar-refractivity contribution in [1.82, 2.24) is 0 Å². The number of fused-ring (bicyclic) bond motifs is 5. The summed E-state index contributed by atoms with van der Waals surface area (Å²) in [5.74, 6) is -0.258. The standard InChI is InChI=1S/C35H56O9/c1-17-23-19(43-35(40)26(17)44-30(4,5)28(35)39)14-32(7)21-9-8-20-29(2,3)22(42-27-25(38)24(37)18(36)15-41-27)10-11-33(20)16-34(21,33)13-12-31(23,32)6/h17-28,36-40H,8-16H2,1-7H3. The van der Waals surface area contributed by atoms with E-state index >= 15 is 0 Å². The highest BCUT2D eigenvalue weighted by molar-refractivity contribution is 5.32. The van der Waals surface area contributed by atoms with Gasteiger partial charge in [0.1, 0.15) is 30.5 Å². The van der Waals surface area contributed by atoms with Crippen molar-refractivity contribution in [3.05, 3.63) is 0 Å². The topological polar surface area (TPSA) is 138 Å². The average molecular weight is 621 g/mol. The maximum Gasteiger partial charge on any atom is 0.222 e. The van der Waals surface area contributed by atoms with E-state index in [9.17, 15) is 25.5 Å². The summed E-state index contributed by atoms with van der Waals surface area (Å²) in [6, 6.07) is 0. The van der Waals surface area contributed by atoms with Crippen LogP contribution in [0.1, 0.15) is 99.8 Å². The molecule has 9 nitrogen and oxygen atoms in total. The number of hydrogen-bond acceptors (Lipinski definition) is 9. The van der Waals surface area contributed by atoms with Gasteiger partial charge in [0.25, 0.3) is 0 Å². The molecule has 0 aromatic rings. The maximum absolute atomic E-state index is 11.8. The quantitative estimate of drug-likeness (QED) is 0.295. The van der Waals surface area contributed by atoms with Crippen molar-refractivity contribution < 1.29 is 44.5 Å². The van der Waals surface area contributed by atoms with Crippen LogP contribution in [0.3, 0.4) is 0 Å². The van der Waals surface area contributed by atoms with Crippen LogP contribution < -0.4 is 0 Å². The monoisotopic (exact) mass is 620 g/mol. The van der Waals surface area contributed by atoms with Gasteiger partial charge in [-0.3, -0.25) is 0 Å². The molecule has 0 aromatic heterocycles.